The van der Waals surface area contributed by atoms with Crippen LogP contribution in [0.5, 0.6) is 0 Å². The molecule has 2 N–H and O–H groups in total. The highest BCUT2D eigenvalue weighted by Crippen LogP contribution is 2.06. The van der Waals surface area contributed by atoms with Crippen LogP contribution in [0.2, 0.25) is 0 Å². The minimum Gasteiger partial charge on any atom is -0.330 e. The summed E-state index contributed by atoms with van der Waals surface area (Å²) < 4.78 is 1.99. The zero-order valence-electron chi connectivity index (χ0n) is 7.05. The number of aromatic nitrogens is 3. The highest BCUT2D eigenvalue weighted by Gasteiger charge is 1.99. The van der Waals surface area contributed by atoms with Gasteiger partial charge in [-0.25, -0.2) is 9.97 Å². The van der Waals surface area contributed by atoms with E-state index in [4.69, 9.17) is 5.73 Å². The van der Waals surface area contributed by atoms with E-state index in [0.29, 0.717) is 6.54 Å². The number of imidazole rings is 1. The third kappa shape index (κ3) is 1.93. The molecule has 0 fully saturated rings. The first-order chi connectivity index (χ1) is 6.38. The first-order valence-corrected chi connectivity index (χ1v) is 4.85. The fourth-order valence-electron chi connectivity index (χ4n) is 1.09. The van der Waals surface area contributed by atoms with Crippen molar-refractivity contribution in [3.63, 3.8) is 0 Å². The summed E-state index contributed by atoms with van der Waals surface area (Å²) in [6.07, 6.45) is 5.53. The number of rotatable bonds is 3. The van der Waals surface area contributed by atoms with Crippen molar-refractivity contribution in [2.24, 2.45) is 5.73 Å². The molecule has 2 rings (SSSR count). The van der Waals surface area contributed by atoms with Gasteiger partial charge in [0.05, 0.1) is 18.6 Å². The summed E-state index contributed by atoms with van der Waals surface area (Å²) >= 11 is 1.64. The van der Waals surface area contributed by atoms with Crippen molar-refractivity contribution in [3.8, 4) is 0 Å². The maximum atomic E-state index is 5.45. The molecular formula is C8H10N4S. The predicted octanol–water partition coefficient (Wildman–Crippen LogP) is 0.847. The van der Waals surface area contributed by atoms with E-state index < -0.39 is 0 Å². The Hall–Kier alpha value is -1.20. The standard InChI is InChI=1S/C8H10N4S/c9-3-7-4-12(6-11-7)5-8-10-1-2-13-8/h1-2,4,6H,3,5,9H2. The predicted molar refractivity (Wildman–Crippen MR) is 51.3 cm³/mol. The van der Waals surface area contributed by atoms with E-state index in [-0.39, 0.29) is 0 Å². The summed E-state index contributed by atoms with van der Waals surface area (Å²) in [6.45, 7) is 1.27. The van der Waals surface area contributed by atoms with E-state index in [9.17, 15) is 0 Å². The lowest BCUT2D eigenvalue weighted by molar-refractivity contribution is 0.789. The van der Waals surface area contributed by atoms with Gasteiger partial charge in [0.15, 0.2) is 0 Å². The largest absolute Gasteiger partial charge is 0.330 e. The van der Waals surface area contributed by atoms with Gasteiger partial charge in [0.2, 0.25) is 0 Å². The lowest BCUT2D eigenvalue weighted by Crippen LogP contribution is -1.97. The molecule has 0 spiro atoms. The lowest BCUT2D eigenvalue weighted by Gasteiger charge is -1.95. The molecule has 0 aliphatic heterocycles. The molecule has 0 saturated heterocycles. The molecule has 0 saturated carbocycles. The van der Waals surface area contributed by atoms with Gasteiger partial charge >= 0.3 is 0 Å². The van der Waals surface area contributed by atoms with Crippen molar-refractivity contribution < 1.29 is 0 Å². The number of hydrogen-bond donors (Lipinski definition) is 1. The van der Waals surface area contributed by atoms with Gasteiger partial charge < -0.3 is 10.3 Å². The zero-order chi connectivity index (χ0) is 9.10. The highest BCUT2D eigenvalue weighted by molar-refractivity contribution is 7.09. The Kier molecular flexibility index (Phi) is 2.37. The first kappa shape index (κ1) is 8.40. The van der Waals surface area contributed by atoms with Crippen molar-refractivity contribution in [1.82, 2.24) is 14.5 Å². The Morgan fingerprint density at radius 3 is 3.00 bits per heavy atom. The fraction of sp³-hybridized carbons (Fsp3) is 0.250. The molecule has 4 nitrogen and oxygen atoms in total. The third-order valence-electron chi connectivity index (χ3n) is 1.70. The molecule has 0 aliphatic rings. The van der Waals surface area contributed by atoms with Crippen LogP contribution in [0.3, 0.4) is 0 Å². The maximum Gasteiger partial charge on any atom is 0.112 e. The Balaban J connectivity index is 2.10. The molecule has 0 amide bonds. The molecule has 0 aliphatic carbocycles. The molecule has 2 heterocycles. The van der Waals surface area contributed by atoms with Crippen LogP contribution in [-0.2, 0) is 13.1 Å². The number of thiazole rings is 1. The molecule has 13 heavy (non-hydrogen) atoms. The normalized spacial score (nSPS) is 10.5. The van der Waals surface area contributed by atoms with Gasteiger partial charge in [-0.3, -0.25) is 0 Å². The van der Waals surface area contributed by atoms with Crippen LogP contribution in [0.1, 0.15) is 10.7 Å². The topological polar surface area (TPSA) is 56.7 Å². The van der Waals surface area contributed by atoms with Crippen molar-refractivity contribution >= 4 is 11.3 Å². The summed E-state index contributed by atoms with van der Waals surface area (Å²) in [4.78, 5) is 8.32. The minimum atomic E-state index is 0.491. The van der Waals surface area contributed by atoms with Crippen LogP contribution in [-0.4, -0.2) is 14.5 Å². The monoisotopic (exact) mass is 194 g/mol. The van der Waals surface area contributed by atoms with Crippen molar-refractivity contribution in [1.29, 1.82) is 0 Å². The lowest BCUT2D eigenvalue weighted by atomic mass is 10.5. The molecule has 68 valence electrons. The van der Waals surface area contributed by atoms with Crippen molar-refractivity contribution in [3.05, 3.63) is 34.8 Å². The van der Waals surface area contributed by atoms with E-state index >= 15 is 0 Å². The summed E-state index contributed by atoms with van der Waals surface area (Å²) in [6, 6.07) is 0. The van der Waals surface area contributed by atoms with Gasteiger partial charge in [-0.1, -0.05) is 0 Å². The van der Waals surface area contributed by atoms with Crippen LogP contribution in [0.4, 0.5) is 0 Å². The summed E-state index contributed by atoms with van der Waals surface area (Å²) in [7, 11) is 0. The Labute approximate surface area is 80.1 Å². The first-order valence-electron chi connectivity index (χ1n) is 3.97. The van der Waals surface area contributed by atoms with Gasteiger partial charge in [0, 0.05) is 24.3 Å². The van der Waals surface area contributed by atoms with Gasteiger partial charge in [0.25, 0.3) is 0 Å². The maximum absolute atomic E-state index is 5.45. The second-order valence-electron chi connectivity index (χ2n) is 2.67. The number of hydrogen-bond acceptors (Lipinski definition) is 4. The molecule has 0 bridgehead atoms. The van der Waals surface area contributed by atoms with Crippen molar-refractivity contribution in [2.45, 2.75) is 13.1 Å². The molecule has 0 atom stereocenters. The molecule has 0 radical (unpaired) electrons. The molecule has 0 unspecified atom stereocenters. The number of nitrogens with two attached hydrogens (primary N) is 1. The summed E-state index contributed by atoms with van der Waals surface area (Å²) in [5.74, 6) is 0. The minimum absolute atomic E-state index is 0.491. The molecule has 0 aromatic carbocycles. The average Bonchev–Trinajstić information content (AvgIpc) is 2.76. The van der Waals surface area contributed by atoms with Gasteiger partial charge in [-0.15, -0.1) is 11.3 Å². The SMILES string of the molecule is NCc1cn(Cc2nccs2)cn1. The van der Waals surface area contributed by atoms with Crippen LogP contribution in [0, 0.1) is 0 Å². The van der Waals surface area contributed by atoms with Crippen LogP contribution < -0.4 is 5.73 Å². The second kappa shape index (κ2) is 3.68. The average molecular weight is 194 g/mol. The van der Waals surface area contributed by atoms with E-state index in [1.54, 1.807) is 23.9 Å². The number of nitrogens with zero attached hydrogens (tertiary/aromatic N) is 3. The van der Waals surface area contributed by atoms with Crippen LogP contribution in [0.15, 0.2) is 24.1 Å². The Morgan fingerprint density at radius 2 is 2.38 bits per heavy atom. The van der Waals surface area contributed by atoms with E-state index in [2.05, 4.69) is 9.97 Å². The fourth-order valence-corrected chi connectivity index (χ4v) is 1.71. The smallest absolute Gasteiger partial charge is 0.112 e. The highest BCUT2D eigenvalue weighted by atomic mass is 32.1. The zero-order valence-corrected chi connectivity index (χ0v) is 7.87. The molecule has 2 aromatic heterocycles. The third-order valence-corrected chi connectivity index (χ3v) is 2.46. The summed E-state index contributed by atoms with van der Waals surface area (Å²) in [5.41, 5.74) is 6.36. The van der Waals surface area contributed by atoms with E-state index in [1.165, 1.54) is 0 Å². The van der Waals surface area contributed by atoms with Crippen molar-refractivity contribution in [2.75, 3.05) is 0 Å². The van der Waals surface area contributed by atoms with E-state index in [0.717, 1.165) is 17.2 Å². The molecular weight excluding hydrogens is 184 g/mol. The van der Waals surface area contributed by atoms with E-state index in [1.807, 2.05) is 16.1 Å². The summed E-state index contributed by atoms with van der Waals surface area (Å²) in [5, 5.41) is 3.05. The Bertz CT molecular complexity index is 365. The van der Waals surface area contributed by atoms with Crippen LogP contribution in [0.25, 0.3) is 0 Å². The van der Waals surface area contributed by atoms with Gasteiger partial charge in [-0.05, 0) is 0 Å². The second-order valence-corrected chi connectivity index (χ2v) is 3.65. The Morgan fingerprint density at radius 1 is 1.46 bits per heavy atom. The van der Waals surface area contributed by atoms with Crippen LogP contribution >= 0.6 is 11.3 Å². The molecule has 2 aromatic rings. The molecule has 5 heteroatoms. The van der Waals surface area contributed by atoms with Gasteiger partial charge in [0.1, 0.15) is 5.01 Å². The van der Waals surface area contributed by atoms with Gasteiger partial charge in [-0.2, -0.15) is 0 Å². The quantitative estimate of drug-likeness (QED) is 0.788.